The zero-order valence-corrected chi connectivity index (χ0v) is 30.1. The molecular weight excluding hydrogens is 708 g/mol. The van der Waals surface area contributed by atoms with Gasteiger partial charge in [0.15, 0.2) is 0 Å². The molecule has 2 N–H and O–H groups in total. The summed E-state index contributed by atoms with van der Waals surface area (Å²) in [4.78, 5) is 33.3. The fourth-order valence-electron chi connectivity index (χ4n) is 6.06. The molecule has 0 spiro atoms. The van der Waals surface area contributed by atoms with E-state index in [9.17, 15) is 18.0 Å². The van der Waals surface area contributed by atoms with E-state index in [4.69, 9.17) is 9.72 Å². The van der Waals surface area contributed by atoms with Crippen molar-refractivity contribution >= 4 is 47.7 Å². The molecule has 2 fully saturated rings. The van der Waals surface area contributed by atoms with Gasteiger partial charge in [-0.2, -0.15) is 0 Å². The molecule has 2 aliphatic rings. The van der Waals surface area contributed by atoms with Crippen LogP contribution < -0.4 is 24.4 Å². The number of rotatable bonds is 11. The van der Waals surface area contributed by atoms with Gasteiger partial charge in [-0.15, -0.1) is 0 Å². The summed E-state index contributed by atoms with van der Waals surface area (Å²) in [5, 5.41) is 6.23. The van der Waals surface area contributed by atoms with Gasteiger partial charge in [-0.3, -0.25) is 0 Å². The Morgan fingerprint density at radius 1 is 0.940 bits per heavy atom. The summed E-state index contributed by atoms with van der Waals surface area (Å²) in [7, 11) is 0. The third-order valence-corrected chi connectivity index (χ3v) is 11.7. The van der Waals surface area contributed by atoms with E-state index in [0.717, 1.165) is 83.5 Å². The number of benzene rings is 2. The summed E-state index contributed by atoms with van der Waals surface area (Å²) in [6.07, 6.45) is -1.30. The number of morpholine rings is 1. The van der Waals surface area contributed by atoms with Gasteiger partial charge in [0, 0.05) is 0 Å². The van der Waals surface area contributed by atoms with Crippen LogP contribution in [0.25, 0.3) is 11.3 Å². The maximum absolute atomic E-state index is 14.2. The number of ether oxygens (including phenoxy) is 1. The number of piperazine rings is 1. The standard InChI is InChI=1S/C36H41AsF3N8O2/c1-3-46-13-15-48(16-14-46)32-9-7-26(21-29(32)36(38,39)40)35(49)45-27-8-6-25(2)30(22-27)37-34-28(5-4-10-42-34)31-23-33(44-24-43-31)41-11-12-47-17-19-50-20-18-47/h4-10,21-24H,3,11-20H2,1-2H3,(H,45,49)(H,41,43,44). The first kappa shape index (κ1) is 35.8. The van der Waals surface area contributed by atoms with Gasteiger partial charge in [0.05, 0.1) is 0 Å². The van der Waals surface area contributed by atoms with Crippen LogP contribution in [0.4, 0.5) is 30.4 Å². The average molecular weight is 750 g/mol. The molecule has 0 saturated carbocycles. The predicted molar refractivity (Wildman–Crippen MR) is 191 cm³/mol. The molecule has 50 heavy (non-hydrogen) atoms. The van der Waals surface area contributed by atoms with E-state index in [2.05, 4.69) is 30.4 Å². The Bertz CT molecular complexity index is 1780. The third kappa shape index (κ3) is 9.00. The summed E-state index contributed by atoms with van der Waals surface area (Å²) in [5.41, 5.74) is 2.45. The first-order valence-corrected chi connectivity index (χ1v) is 18.7. The molecule has 4 heterocycles. The van der Waals surface area contributed by atoms with E-state index in [1.165, 1.54) is 12.1 Å². The Morgan fingerprint density at radius 3 is 2.50 bits per heavy atom. The van der Waals surface area contributed by atoms with Gasteiger partial charge in [-0.25, -0.2) is 0 Å². The second-order valence-corrected chi connectivity index (χ2v) is 14.6. The number of anilines is 3. The van der Waals surface area contributed by atoms with E-state index in [1.807, 2.05) is 44.2 Å². The fraction of sp³-hybridized carbons (Fsp3) is 0.389. The summed E-state index contributed by atoms with van der Waals surface area (Å²) in [5.74, 6) is 0.132. The Labute approximate surface area is 297 Å². The minimum absolute atomic E-state index is 0.0474. The number of halogens is 3. The maximum atomic E-state index is 14.2. The molecule has 4 aromatic rings. The number of carbonyl (C=O) groups is 1. The van der Waals surface area contributed by atoms with Gasteiger partial charge >= 0.3 is 280 Å². The third-order valence-electron chi connectivity index (χ3n) is 8.99. The van der Waals surface area contributed by atoms with Gasteiger partial charge in [-0.1, -0.05) is 6.92 Å². The molecule has 0 unspecified atom stereocenters. The number of alkyl halides is 3. The number of nitrogens with zero attached hydrogens (tertiary/aromatic N) is 6. The molecule has 2 aromatic carbocycles. The van der Waals surface area contributed by atoms with E-state index in [1.54, 1.807) is 23.5 Å². The number of hydrogen-bond acceptors (Lipinski definition) is 9. The molecule has 2 saturated heterocycles. The van der Waals surface area contributed by atoms with Crippen molar-refractivity contribution in [2.24, 2.45) is 0 Å². The van der Waals surface area contributed by atoms with Gasteiger partial charge < -0.3 is 4.90 Å². The van der Waals surface area contributed by atoms with E-state index < -0.39 is 33.4 Å². The minimum atomic E-state index is -4.60. The summed E-state index contributed by atoms with van der Waals surface area (Å²) in [6, 6.07) is 15.2. The molecule has 6 rings (SSSR count). The first-order chi connectivity index (χ1) is 24.2. The quantitative estimate of drug-likeness (QED) is 0.223. The van der Waals surface area contributed by atoms with Gasteiger partial charge in [0.1, 0.15) is 0 Å². The van der Waals surface area contributed by atoms with Crippen LogP contribution in [0.2, 0.25) is 0 Å². The van der Waals surface area contributed by atoms with Crippen LogP contribution in [0.15, 0.2) is 67.1 Å². The molecule has 2 aromatic heterocycles. The van der Waals surface area contributed by atoms with Crippen molar-refractivity contribution in [3.8, 4) is 11.3 Å². The van der Waals surface area contributed by atoms with Crippen molar-refractivity contribution in [3.63, 3.8) is 0 Å². The van der Waals surface area contributed by atoms with Crippen LogP contribution >= 0.6 is 0 Å². The number of aromatic nitrogens is 3. The van der Waals surface area contributed by atoms with Gasteiger partial charge in [0.2, 0.25) is 0 Å². The zero-order valence-electron chi connectivity index (χ0n) is 28.2. The Morgan fingerprint density at radius 2 is 1.74 bits per heavy atom. The van der Waals surface area contributed by atoms with Crippen LogP contribution in [0.1, 0.15) is 28.4 Å². The molecule has 0 bridgehead atoms. The molecule has 1 radical (unpaired) electrons. The number of amides is 1. The predicted octanol–water partition coefficient (Wildman–Crippen LogP) is 3.66. The van der Waals surface area contributed by atoms with Gasteiger partial charge in [0.25, 0.3) is 0 Å². The Balaban J connectivity index is 1.16. The number of aryl methyl sites for hydroxylation is 1. The average Bonchev–Trinajstić information content (AvgIpc) is 3.13. The van der Waals surface area contributed by atoms with Crippen molar-refractivity contribution in [1.82, 2.24) is 24.8 Å². The number of hydrogen-bond donors (Lipinski definition) is 2. The summed E-state index contributed by atoms with van der Waals surface area (Å²) < 4.78 is 50.0. The molecule has 0 atom stereocenters. The Kier molecular flexibility index (Phi) is 11.7. The molecule has 1 amide bonds. The zero-order chi connectivity index (χ0) is 35.1. The van der Waals surface area contributed by atoms with Crippen LogP contribution in [0.5, 0.6) is 0 Å². The first-order valence-electron chi connectivity index (χ1n) is 16.8. The number of likely N-dealkylation sites (N-methyl/N-ethyl adjacent to an activating group) is 1. The van der Waals surface area contributed by atoms with E-state index in [0.29, 0.717) is 31.9 Å². The van der Waals surface area contributed by atoms with Crippen LogP contribution in [-0.4, -0.2) is 119 Å². The van der Waals surface area contributed by atoms with Crippen molar-refractivity contribution in [3.05, 3.63) is 83.8 Å². The SMILES string of the molecule is CCN1CCN(c2ccc(C(=O)Nc3ccc(C)c([As]c4ncccc4-c4cc(NCCN5CCOCC5)ncn4)c3)cc2C(F)(F)F)CC1. The second-order valence-electron chi connectivity index (χ2n) is 12.3. The van der Waals surface area contributed by atoms with Crippen molar-refractivity contribution < 1.29 is 22.7 Å². The van der Waals surface area contributed by atoms with Crippen LogP contribution in [0.3, 0.4) is 0 Å². The molecule has 10 nitrogen and oxygen atoms in total. The number of pyridine rings is 1. The monoisotopic (exact) mass is 749 g/mol. The second kappa shape index (κ2) is 16.3. The van der Waals surface area contributed by atoms with Gasteiger partial charge in [-0.05, 0) is 6.54 Å². The molecule has 263 valence electrons. The molecular formula is C36H41AsF3N8O2. The van der Waals surface area contributed by atoms with Crippen LogP contribution in [0, 0.1) is 6.92 Å². The molecule has 0 aliphatic carbocycles. The van der Waals surface area contributed by atoms with Crippen LogP contribution in [-0.2, 0) is 10.9 Å². The molecule has 14 heteroatoms. The number of nitrogens with one attached hydrogen (secondary N) is 2. The van der Waals surface area contributed by atoms with E-state index >= 15 is 0 Å². The molecule has 2 aliphatic heterocycles. The summed E-state index contributed by atoms with van der Waals surface area (Å²) >= 11 is -0.638. The fourth-order valence-corrected chi connectivity index (χ4v) is 8.41. The normalized spacial score (nSPS) is 16.2. The summed E-state index contributed by atoms with van der Waals surface area (Å²) in [6.45, 7) is 12.3. The van der Waals surface area contributed by atoms with Crippen molar-refractivity contribution in [2.75, 3.05) is 87.7 Å². The Hall–Kier alpha value is -4.03. The van der Waals surface area contributed by atoms with E-state index in [-0.39, 0.29) is 11.3 Å². The van der Waals surface area contributed by atoms with Crippen molar-refractivity contribution in [2.45, 2.75) is 20.0 Å². The number of carbonyl (C=O) groups excluding carboxylic acids is 1. The van der Waals surface area contributed by atoms with Crippen molar-refractivity contribution in [1.29, 1.82) is 0 Å². The topological polar surface area (TPSA) is 98.8 Å².